The monoisotopic (exact) mass is 342 g/mol. The third-order valence-electron chi connectivity index (χ3n) is 3.98. The quantitative estimate of drug-likeness (QED) is 0.911. The first-order chi connectivity index (χ1) is 10.2. The van der Waals surface area contributed by atoms with E-state index in [4.69, 9.17) is 0 Å². The van der Waals surface area contributed by atoms with Crippen molar-refractivity contribution in [3.63, 3.8) is 0 Å². The number of nitrogens with one attached hydrogen (secondary N) is 1. The number of carbonyl (C=O) groups excluding carboxylic acids is 1. The third kappa shape index (κ3) is 3.44. The number of aryl methyl sites for hydroxylation is 1. The van der Waals surface area contributed by atoms with Crippen molar-refractivity contribution in [3.05, 3.63) is 21.9 Å². The summed E-state index contributed by atoms with van der Waals surface area (Å²) in [4.78, 5) is 17.3. The highest BCUT2D eigenvalue weighted by atomic mass is 32.2. The summed E-state index contributed by atoms with van der Waals surface area (Å²) in [5, 5.41) is 4.11. The summed E-state index contributed by atoms with van der Waals surface area (Å²) in [5.41, 5.74) is 0. The molecule has 2 saturated heterocycles. The lowest BCUT2D eigenvalue weighted by molar-refractivity contribution is -0.130. The average molecular weight is 343 g/mol. The molecular formula is C15H22N2OS3. The minimum Gasteiger partial charge on any atom is -0.320 e. The molecule has 3 heterocycles. The van der Waals surface area contributed by atoms with Gasteiger partial charge in [-0.15, -0.1) is 11.3 Å². The summed E-state index contributed by atoms with van der Waals surface area (Å²) in [6.45, 7) is 5.09. The van der Waals surface area contributed by atoms with Crippen LogP contribution in [0.1, 0.15) is 29.3 Å². The number of nitrogens with zero attached hydrogens (tertiary/aromatic N) is 1. The Labute approximate surface area is 139 Å². The minimum absolute atomic E-state index is 0.0151. The molecular weight excluding hydrogens is 320 g/mol. The molecule has 116 valence electrons. The van der Waals surface area contributed by atoms with E-state index in [1.54, 1.807) is 11.3 Å². The molecule has 2 aliphatic heterocycles. The fourth-order valence-electron chi connectivity index (χ4n) is 2.86. The number of thioether (sulfide) groups is 2. The maximum absolute atomic E-state index is 12.7. The van der Waals surface area contributed by atoms with Gasteiger partial charge in [0, 0.05) is 38.8 Å². The van der Waals surface area contributed by atoms with Gasteiger partial charge in [0.25, 0.3) is 0 Å². The predicted molar refractivity (Wildman–Crippen MR) is 94.3 cm³/mol. The van der Waals surface area contributed by atoms with Crippen molar-refractivity contribution in [2.75, 3.05) is 23.8 Å². The Kier molecular flexibility index (Phi) is 5.19. The fourth-order valence-corrected chi connectivity index (χ4v) is 6.48. The minimum atomic E-state index is -0.0151. The number of amides is 1. The first-order valence-corrected chi connectivity index (χ1v) is 10.5. The van der Waals surface area contributed by atoms with Crippen LogP contribution < -0.4 is 5.32 Å². The van der Waals surface area contributed by atoms with Crippen LogP contribution in [0.3, 0.4) is 0 Å². The van der Waals surface area contributed by atoms with Crippen molar-refractivity contribution >= 4 is 40.8 Å². The van der Waals surface area contributed by atoms with Crippen LogP contribution in [-0.4, -0.2) is 45.9 Å². The van der Waals surface area contributed by atoms with E-state index in [-0.39, 0.29) is 18.1 Å². The van der Waals surface area contributed by atoms with Crippen LogP contribution in [0.4, 0.5) is 0 Å². The second-order valence-electron chi connectivity index (χ2n) is 5.54. The highest BCUT2D eigenvalue weighted by molar-refractivity contribution is 8.06. The summed E-state index contributed by atoms with van der Waals surface area (Å²) in [7, 11) is 0. The Hall–Kier alpha value is -0.170. The fraction of sp³-hybridized carbons (Fsp3) is 0.667. The van der Waals surface area contributed by atoms with Crippen molar-refractivity contribution < 1.29 is 4.79 Å². The van der Waals surface area contributed by atoms with Crippen molar-refractivity contribution in [3.8, 4) is 0 Å². The van der Waals surface area contributed by atoms with Crippen LogP contribution in [-0.2, 0) is 4.79 Å². The lowest BCUT2D eigenvalue weighted by Crippen LogP contribution is -2.38. The molecule has 0 aliphatic carbocycles. The normalized spacial score (nSPS) is 30.1. The predicted octanol–water partition coefficient (Wildman–Crippen LogP) is 3.11. The van der Waals surface area contributed by atoms with Crippen LogP contribution in [0.25, 0.3) is 0 Å². The maximum atomic E-state index is 12.7. The standard InChI is InChI=1S/C15H22N2OS3/c1-3-12-15(18)17(8-11-9-19-6-7-20-11)14(16-12)13-5-4-10(2)21-13/h4-5,11-12,14,16H,3,6-9H2,1-2H3. The molecule has 1 aromatic rings. The molecule has 0 spiro atoms. The SMILES string of the molecule is CCC1NC(c2ccc(C)s2)N(CC2CSCCS2)C1=O. The number of hydrogen-bond acceptors (Lipinski definition) is 5. The summed E-state index contributed by atoms with van der Waals surface area (Å²) in [6, 6.07) is 4.30. The topological polar surface area (TPSA) is 32.3 Å². The molecule has 1 N–H and O–H groups in total. The number of thiophene rings is 1. The molecule has 2 fully saturated rings. The van der Waals surface area contributed by atoms with E-state index in [1.165, 1.54) is 27.0 Å². The van der Waals surface area contributed by atoms with E-state index in [2.05, 4.69) is 36.2 Å². The molecule has 3 unspecified atom stereocenters. The highest BCUT2D eigenvalue weighted by Gasteiger charge is 2.40. The Morgan fingerprint density at radius 2 is 2.24 bits per heavy atom. The Morgan fingerprint density at radius 3 is 2.86 bits per heavy atom. The third-order valence-corrected chi connectivity index (χ3v) is 7.86. The second kappa shape index (κ2) is 6.94. The zero-order valence-electron chi connectivity index (χ0n) is 12.5. The molecule has 0 radical (unpaired) electrons. The summed E-state index contributed by atoms with van der Waals surface area (Å²) < 4.78 is 0. The molecule has 6 heteroatoms. The lowest BCUT2D eigenvalue weighted by Gasteiger charge is -2.29. The smallest absolute Gasteiger partial charge is 0.241 e. The molecule has 0 saturated carbocycles. The van der Waals surface area contributed by atoms with E-state index in [9.17, 15) is 4.79 Å². The van der Waals surface area contributed by atoms with E-state index < -0.39 is 0 Å². The lowest BCUT2D eigenvalue weighted by atomic mass is 10.2. The first-order valence-electron chi connectivity index (χ1n) is 7.51. The van der Waals surface area contributed by atoms with Crippen LogP contribution in [0, 0.1) is 6.92 Å². The first kappa shape index (κ1) is 15.7. The van der Waals surface area contributed by atoms with Gasteiger partial charge in [0.2, 0.25) is 5.91 Å². The van der Waals surface area contributed by atoms with Gasteiger partial charge < -0.3 is 4.90 Å². The van der Waals surface area contributed by atoms with Gasteiger partial charge in [0.05, 0.1) is 6.04 Å². The number of carbonyl (C=O) groups is 1. The molecule has 21 heavy (non-hydrogen) atoms. The molecule has 3 nitrogen and oxygen atoms in total. The average Bonchev–Trinajstić information content (AvgIpc) is 3.05. The molecule has 1 amide bonds. The van der Waals surface area contributed by atoms with Crippen molar-refractivity contribution in [2.45, 2.75) is 37.7 Å². The zero-order chi connectivity index (χ0) is 14.8. The largest absolute Gasteiger partial charge is 0.320 e. The van der Waals surface area contributed by atoms with E-state index in [0.29, 0.717) is 5.25 Å². The molecule has 3 atom stereocenters. The maximum Gasteiger partial charge on any atom is 0.241 e. The Bertz CT molecular complexity index is 499. The number of hydrogen-bond donors (Lipinski definition) is 1. The van der Waals surface area contributed by atoms with E-state index in [1.807, 2.05) is 23.5 Å². The molecule has 1 aromatic heterocycles. The van der Waals surface area contributed by atoms with Crippen LogP contribution in [0.5, 0.6) is 0 Å². The summed E-state index contributed by atoms with van der Waals surface area (Å²) >= 11 is 5.84. The molecule has 3 rings (SSSR count). The van der Waals surface area contributed by atoms with Gasteiger partial charge in [-0.1, -0.05) is 6.92 Å². The van der Waals surface area contributed by atoms with Gasteiger partial charge in [-0.3, -0.25) is 10.1 Å². The van der Waals surface area contributed by atoms with Gasteiger partial charge in [-0.05, 0) is 25.5 Å². The van der Waals surface area contributed by atoms with E-state index >= 15 is 0 Å². The van der Waals surface area contributed by atoms with Crippen LogP contribution in [0.2, 0.25) is 0 Å². The van der Waals surface area contributed by atoms with Gasteiger partial charge in [-0.25, -0.2) is 0 Å². The van der Waals surface area contributed by atoms with Crippen molar-refractivity contribution in [2.24, 2.45) is 0 Å². The van der Waals surface area contributed by atoms with Gasteiger partial charge in [0.1, 0.15) is 6.17 Å². The van der Waals surface area contributed by atoms with Gasteiger partial charge >= 0.3 is 0 Å². The number of rotatable bonds is 4. The highest BCUT2D eigenvalue weighted by Crippen LogP contribution is 2.33. The van der Waals surface area contributed by atoms with E-state index in [0.717, 1.165) is 13.0 Å². The van der Waals surface area contributed by atoms with Crippen molar-refractivity contribution in [1.29, 1.82) is 0 Å². The summed E-state index contributed by atoms with van der Waals surface area (Å²) in [5.74, 6) is 3.91. The molecule has 0 bridgehead atoms. The molecule has 2 aliphatic rings. The zero-order valence-corrected chi connectivity index (χ0v) is 15.0. The summed E-state index contributed by atoms with van der Waals surface area (Å²) in [6.07, 6.45) is 0.941. The Morgan fingerprint density at radius 1 is 1.38 bits per heavy atom. The van der Waals surface area contributed by atoms with Crippen molar-refractivity contribution in [1.82, 2.24) is 10.2 Å². The van der Waals surface area contributed by atoms with Gasteiger partial charge in [-0.2, -0.15) is 23.5 Å². The van der Waals surface area contributed by atoms with Crippen LogP contribution in [0.15, 0.2) is 12.1 Å². The van der Waals surface area contributed by atoms with Crippen LogP contribution >= 0.6 is 34.9 Å². The molecule has 0 aromatic carbocycles. The van der Waals surface area contributed by atoms with Gasteiger partial charge in [0.15, 0.2) is 0 Å². The second-order valence-corrected chi connectivity index (χ2v) is 9.41. The Balaban J connectivity index is 1.77.